The zero-order chi connectivity index (χ0) is 23.4. The summed E-state index contributed by atoms with van der Waals surface area (Å²) in [5.41, 5.74) is 1.72. The van der Waals surface area contributed by atoms with E-state index >= 15 is 0 Å². The van der Waals surface area contributed by atoms with Gasteiger partial charge in [0.25, 0.3) is 10.0 Å². The van der Waals surface area contributed by atoms with E-state index in [4.69, 9.17) is 4.74 Å². The number of ether oxygens (including phenoxy) is 1. The maximum atomic E-state index is 12.8. The summed E-state index contributed by atoms with van der Waals surface area (Å²) in [5, 5.41) is 1.90. The number of piperidine rings is 1. The predicted molar refractivity (Wildman–Crippen MR) is 136 cm³/mol. The first-order valence-corrected chi connectivity index (χ1v) is 12.9. The molecule has 7 heteroatoms. The van der Waals surface area contributed by atoms with Crippen LogP contribution in [0, 0.1) is 5.92 Å². The largest absolute Gasteiger partial charge is 0.493 e. The number of benzene rings is 3. The van der Waals surface area contributed by atoms with Crippen molar-refractivity contribution in [3.05, 3.63) is 91.3 Å². The molecule has 5 rings (SSSR count). The summed E-state index contributed by atoms with van der Waals surface area (Å²) in [6.07, 6.45) is 5.81. The van der Waals surface area contributed by atoms with Crippen molar-refractivity contribution in [2.75, 3.05) is 29.3 Å². The number of hydrogen-bond acceptors (Lipinski definition) is 5. The number of nitrogens with zero attached hydrogens (tertiary/aromatic N) is 2. The van der Waals surface area contributed by atoms with E-state index in [9.17, 15) is 8.42 Å². The Kier molecular flexibility index (Phi) is 6.36. The molecule has 34 heavy (non-hydrogen) atoms. The van der Waals surface area contributed by atoms with Crippen LogP contribution < -0.4 is 14.4 Å². The lowest BCUT2D eigenvalue weighted by Crippen LogP contribution is -2.35. The Hall–Kier alpha value is -3.58. The fourth-order valence-corrected chi connectivity index (χ4v) is 5.39. The van der Waals surface area contributed by atoms with Crippen molar-refractivity contribution in [2.45, 2.75) is 17.7 Å². The number of rotatable bonds is 7. The minimum atomic E-state index is -3.67. The normalized spacial score (nSPS) is 14.8. The Morgan fingerprint density at radius 2 is 1.59 bits per heavy atom. The molecule has 1 fully saturated rings. The van der Waals surface area contributed by atoms with E-state index in [0.717, 1.165) is 42.5 Å². The van der Waals surface area contributed by atoms with Gasteiger partial charge in [0.05, 0.1) is 11.5 Å². The molecule has 0 atom stereocenters. The summed E-state index contributed by atoms with van der Waals surface area (Å²) in [6, 6.07) is 24.0. The molecule has 2 heterocycles. The Morgan fingerprint density at radius 1 is 0.882 bits per heavy atom. The van der Waals surface area contributed by atoms with Crippen LogP contribution in [0.2, 0.25) is 0 Å². The molecule has 3 aromatic carbocycles. The van der Waals surface area contributed by atoms with Crippen molar-refractivity contribution in [3.63, 3.8) is 0 Å². The molecular formula is C27H27N3O3S. The highest BCUT2D eigenvalue weighted by Gasteiger charge is 2.20. The van der Waals surface area contributed by atoms with Gasteiger partial charge in [-0.25, -0.2) is 8.42 Å². The first kappa shape index (κ1) is 22.2. The highest BCUT2D eigenvalue weighted by molar-refractivity contribution is 7.92. The number of nitrogens with one attached hydrogen (secondary N) is 1. The van der Waals surface area contributed by atoms with Crippen molar-refractivity contribution in [1.29, 1.82) is 0 Å². The molecule has 0 bridgehead atoms. The van der Waals surface area contributed by atoms with E-state index in [-0.39, 0.29) is 4.90 Å². The van der Waals surface area contributed by atoms with Crippen LogP contribution in [0.3, 0.4) is 0 Å². The minimum Gasteiger partial charge on any atom is -0.493 e. The van der Waals surface area contributed by atoms with Crippen molar-refractivity contribution in [1.82, 2.24) is 4.98 Å². The van der Waals surface area contributed by atoms with Gasteiger partial charge in [-0.1, -0.05) is 30.3 Å². The monoisotopic (exact) mass is 473 g/mol. The van der Waals surface area contributed by atoms with Gasteiger partial charge in [-0.3, -0.25) is 9.71 Å². The third-order valence-corrected chi connectivity index (χ3v) is 7.64. The molecule has 0 spiro atoms. The van der Waals surface area contributed by atoms with E-state index in [1.165, 1.54) is 5.69 Å². The van der Waals surface area contributed by atoms with Crippen LogP contribution in [0.5, 0.6) is 5.75 Å². The van der Waals surface area contributed by atoms with Crippen LogP contribution in [0.25, 0.3) is 10.8 Å². The average Bonchev–Trinajstić information content (AvgIpc) is 2.88. The average molecular weight is 474 g/mol. The summed E-state index contributed by atoms with van der Waals surface area (Å²) in [5.74, 6) is 1.24. The molecule has 1 aliphatic rings. The molecule has 6 nitrogen and oxygen atoms in total. The fraction of sp³-hybridized carbons (Fsp3) is 0.222. The lowest BCUT2D eigenvalue weighted by Gasteiger charge is -2.33. The molecule has 1 saturated heterocycles. The lowest BCUT2D eigenvalue weighted by molar-refractivity contribution is 0.223. The molecule has 174 valence electrons. The molecule has 0 amide bonds. The zero-order valence-electron chi connectivity index (χ0n) is 18.8. The second kappa shape index (κ2) is 9.73. The quantitative estimate of drug-likeness (QED) is 0.393. The molecular weight excluding hydrogens is 446 g/mol. The van der Waals surface area contributed by atoms with Gasteiger partial charge in [-0.2, -0.15) is 0 Å². The maximum absolute atomic E-state index is 12.8. The molecule has 0 radical (unpaired) electrons. The molecule has 1 N–H and O–H groups in total. The van der Waals surface area contributed by atoms with Crippen molar-refractivity contribution >= 4 is 32.2 Å². The van der Waals surface area contributed by atoms with Crippen LogP contribution in [0.4, 0.5) is 11.4 Å². The van der Waals surface area contributed by atoms with E-state index < -0.39 is 10.0 Å². The van der Waals surface area contributed by atoms with Gasteiger partial charge in [0.15, 0.2) is 0 Å². The van der Waals surface area contributed by atoms with Crippen molar-refractivity contribution in [2.24, 2.45) is 5.92 Å². The first-order valence-electron chi connectivity index (χ1n) is 11.5. The summed E-state index contributed by atoms with van der Waals surface area (Å²) in [4.78, 5) is 6.71. The summed E-state index contributed by atoms with van der Waals surface area (Å²) in [7, 11) is -3.67. The molecule has 1 aliphatic heterocycles. The summed E-state index contributed by atoms with van der Waals surface area (Å²) < 4.78 is 34.3. The minimum absolute atomic E-state index is 0.240. The van der Waals surface area contributed by atoms with Gasteiger partial charge >= 0.3 is 0 Å². The second-order valence-corrected chi connectivity index (χ2v) is 10.3. The number of hydrogen-bond donors (Lipinski definition) is 1. The first-order chi connectivity index (χ1) is 16.6. The van der Waals surface area contributed by atoms with Gasteiger partial charge in [0.2, 0.25) is 0 Å². The molecule has 0 saturated carbocycles. The lowest BCUT2D eigenvalue weighted by atomic mass is 9.97. The van der Waals surface area contributed by atoms with Crippen LogP contribution in [0.15, 0.2) is 96.2 Å². The molecule has 1 aromatic heterocycles. The third kappa shape index (κ3) is 5.15. The van der Waals surface area contributed by atoms with Crippen molar-refractivity contribution < 1.29 is 13.2 Å². The number of fused-ring (bicyclic) bond motifs is 1. The maximum Gasteiger partial charge on any atom is 0.261 e. The summed E-state index contributed by atoms with van der Waals surface area (Å²) >= 11 is 0. The Bertz CT molecular complexity index is 1350. The standard InChI is InChI=1S/C27H27N3O3S/c31-34(32,27-10-5-22-3-1-2-4-23(22)19-27)29-24-6-8-26(9-7-24)33-20-21-13-17-30(18-14-21)25-11-15-28-16-12-25/h1-12,15-16,19,21,29H,13-14,17-18,20H2. The fourth-order valence-electron chi connectivity index (χ4n) is 4.29. The Balaban J connectivity index is 1.15. The Morgan fingerprint density at radius 3 is 2.32 bits per heavy atom. The topological polar surface area (TPSA) is 71.5 Å². The van der Waals surface area contributed by atoms with Gasteiger partial charge in [-0.05, 0) is 78.1 Å². The SMILES string of the molecule is O=S(=O)(Nc1ccc(OCC2CCN(c3ccncc3)CC2)cc1)c1ccc2ccccc2c1. The van der Waals surface area contributed by atoms with Gasteiger partial charge in [0, 0.05) is 36.9 Å². The molecule has 0 aliphatic carbocycles. The van der Waals surface area contributed by atoms with Gasteiger partial charge < -0.3 is 9.64 Å². The van der Waals surface area contributed by atoms with E-state index in [0.29, 0.717) is 18.2 Å². The van der Waals surface area contributed by atoms with Gasteiger partial charge in [-0.15, -0.1) is 0 Å². The number of anilines is 2. The highest BCUT2D eigenvalue weighted by atomic mass is 32.2. The van der Waals surface area contributed by atoms with Crippen LogP contribution in [-0.4, -0.2) is 33.1 Å². The second-order valence-electron chi connectivity index (χ2n) is 8.59. The van der Waals surface area contributed by atoms with Gasteiger partial charge in [0.1, 0.15) is 5.75 Å². The third-order valence-electron chi connectivity index (χ3n) is 6.27. The van der Waals surface area contributed by atoms with E-state index in [1.807, 2.05) is 67.0 Å². The zero-order valence-corrected chi connectivity index (χ0v) is 19.6. The predicted octanol–water partition coefficient (Wildman–Crippen LogP) is 5.33. The van der Waals surface area contributed by atoms with Crippen LogP contribution in [0.1, 0.15) is 12.8 Å². The Labute approximate surface area is 200 Å². The van der Waals surface area contributed by atoms with Crippen molar-refractivity contribution in [3.8, 4) is 5.75 Å². The smallest absolute Gasteiger partial charge is 0.261 e. The molecule has 4 aromatic rings. The highest BCUT2D eigenvalue weighted by Crippen LogP contribution is 2.25. The number of pyridine rings is 1. The molecule has 0 unspecified atom stereocenters. The summed E-state index contributed by atoms with van der Waals surface area (Å²) in [6.45, 7) is 2.67. The number of sulfonamides is 1. The van der Waals surface area contributed by atoms with E-state index in [1.54, 1.807) is 24.3 Å². The van der Waals surface area contributed by atoms with E-state index in [2.05, 4.69) is 14.6 Å². The van der Waals surface area contributed by atoms with Crippen LogP contribution in [-0.2, 0) is 10.0 Å². The van der Waals surface area contributed by atoms with Crippen LogP contribution >= 0.6 is 0 Å². The number of aromatic nitrogens is 1.